The van der Waals surface area contributed by atoms with E-state index in [0.29, 0.717) is 36.9 Å². The fourth-order valence-electron chi connectivity index (χ4n) is 2.57. The third-order valence-corrected chi connectivity index (χ3v) is 3.70. The van der Waals surface area contributed by atoms with Crippen molar-refractivity contribution in [2.75, 3.05) is 31.7 Å². The molecule has 3 rings (SSSR count). The van der Waals surface area contributed by atoms with Gasteiger partial charge in [-0.1, -0.05) is 0 Å². The monoisotopic (exact) mass is 320 g/mol. The number of amides is 2. The molecule has 0 radical (unpaired) electrons. The second kappa shape index (κ2) is 7.32. The Balaban J connectivity index is 1.45. The largest absolute Gasteiger partial charge is 0.486 e. The average molecular weight is 320 g/mol. The number of rotatable bonds is 5. The van der Waals surface area contributed by atoms with Gasteiger partial charge in [0.25, 0.3) is 0 Å². The van der Waals surface area contributed by atoms with Crippen LogP contribution in [-0.4, -0.2) is 44.3 Å². The fraction of sp³-hybridized carbons (Fsp3) is 0.500. The first-order valence-electron chi connectivity index (χ1n) is 7.78. The molecule has 0 aliphatic carbocycles. The highest BCUT2D eigenvalue weighted by molar-refractivity contribution is 6.03. The maximum absolute atomic E-state index is 11.9. The molecule has 7 heteroatoms. The van der Waals surface area contributed by atoms with Crippen molar-refractivity contribution in [3.8, 4) is 11.5 Å². The van der Waals surface area contributed by atoms with Gasteiger partial charge in [-0.3, -0.25) is 9.59 Å². The first-order chi connectivity index (χ1) is 11.2. The van der Waals surface area contributed by atoms with Crippen molar-refractivity contribution in [3.05, 3.63) is 18.2 Å². The van der Waals surface area contributed by atoms with Gasteiger partial charge >= 0.3 is 0 Å². The highest BCUT2D eigenvalue weighted by atomic mass is 16.6. The van der Waals surface area contributed by atoms with Crippen molar-refractivity contribution in [2.45, 2.75) is 25.4 Å². The lowest BCUT2D eigenvalue weighted by Crippen LogP contribution is -2.34. The van der Waals surface area contributed by atoms with Gasteiger partial charge in [-0.25, -0.2) is 0 Å². The molecule has 7 nitrogen and oxygen atoms in total. The van der Waals surface area contributed by atoms with Gasteiger partial charge in [-0.2, -0.15) is 0 Å². The Morgan fingerprint density at radius 2 is 1.91 bits per heavy atom. The summed E-state index contributed by atoms with van der Waals surface area (Å²) in [5.41, 5.74) is 0.575. The Labute approximate surface area is 134 Å². The van der Waals surface area contributed by atoms with Crippen molar-refractivity contribution >= 4 is 17.5 Å². The lowest BCUT2D eigenvalue weighted by atomic mass is 10.2. The number of hydrogen-bond acceptors (Lipinski definition) is 5. The van der Waals surface area contributed by atoms with E-state index in [0.717, 1.165) is 19.4 Å². The molecule has 1 atom stereocenters. The Morgan fingerprint density at radius 3 is 2.70 bits per heavy atom. The molecule has 124 valence electrons. The summed E-state index contributed by atoms with van der Waals surface area (Å²) in [6.07, 6.45) is 1.82. The number of fused-ring (bicyclic) bond motifs is 1. The van der Waals surface area contributed by atoms with E-state index in [1.807, 2.05) is 0 Å². The van der Waals surface area contributed by atoms with Crippen LogP contribution in [0.2, 0.25) is 0 Å². The Bertz CT molecular complexity index is 584. The van der Waals surface area contributed by atoms with Crippen molar-refractivity contribution in [2.24, 2.45) is 0 Å². The van der Waals surface area contributed by atoms with Crippen LogP contribution >= 0.6 is 0 Å². The molecule has 1 aromatic carbocycles. The Morgan fingerprint density at radius 1 is 1.09 bits per heavy atom. The quantitative estimate of drug-likeness (QED) is 0.793. The second-order valence-corrected chi connectivity index (χ2v) is 5.52. The van der Waals surface area contributed by atoms with Crippen LogP contribution in [0.4, 0.5) is 5.69 Å². The molecular formula is C16H20N2O5. The highest BCUT2D eigenvalue weighted by Crippen LogP contribution is 2.32. The van der Waals surface area contributed by atoms with E-state index in [1.165, 1.54) is 0 Å². The van der Waals surface area contributed by atoms with E-state index in [4.69, 9.17) is 14.2 Å². The van der Waals surface area contributed by atoms with Crippen LogP contribution in [-0.2, 0) is 14.3 Å². The minimum atomic E-state index is -0.369. The molecule has 1 fully saturated rings. The zero-order valence-electron chi connectivity index (χ0n) is 12.8. The third-order valence-electron chi connectivity index (χ3n) is 3.70. The Kier molecular flexibility index (Phi) is 4.97. The molecule has 0 spiro atoms. The molecule has 1 saturated heterocycles. The summed E-state index contributed by atoms with van der Waals surface area (Å²) >= 11 is 0. The van der Waals surface area contributed by atoms with Gasteiger partial charge in [0.05, 0.1) is 6.10 Å². The predicted molar refractivity (Wildman–Crippen MR) is 82.7 cm³/mol. The molecule has 2 aliphatic rings. The fourth-order valence-corrected chi connectivity index (χ4v) is 2.57. The summed E-state index contributed by atoms with van der Waals surface area (Å²) in [5, 5.41) is 5.41. The molecule has 2 aliphatic heterocycles. The number of ether oxygens (including phenoxy) is 3. The summed E-state index contributed by atoms with van der Waals surface area (Å²) in [6.45, 7) is 2.20. The summed E-state index contributed by atoms with van der Waals surface area (Å²) in [7, 11) is 0. The van der Waals surface area contributed by atoms with Crippen LogP contribution in [0.3, 0.4) is 0 Å². The lowest BCUT2D eigenvalue weighted by molar-refractivity contribution is -0.127. The second-order valence-electron chi connectivity index (χ2n) is 5.52. The van der Waals surface area contributed by atoms with Crippen molar-refractivity contribution in [1.82, 2.24) is 5.32 Å². The standard InChI is InChI=1S/C16H20N2O5/c19-15(17-10-12-2-1-5-21-12)9-16(20)18-11-3-4-13-14(8-11)23-7-6-22-13/h3-4,8,12H,1-2,5-7,9-10H2,(H,17,19)(H,18,20). The first-order valence-corrected chi connectivity index (χ1v) is 7.78. The minimum Gasteiger partial charge on any atom is -0.486 e. The van der Waals surface area contributed by atoms with Gasteiger partial charge in [-0.15, -0.1) is 0 Å². The van der Waals surface area contributed by atoms with Crippen molar-refractivity contribution in [3.63, 3.8) is 0 Å². The molecule has 23 heavy (non-hydrogen) atoms. The van der Waals surface area contributed by atoms with Crippen LogP contribution < -0.4 is 20.1 Å². The van der Waals surface area contributed by atoms with Gasteiger partial charge in [0.15, 0.2) is 11.5 Å². The Hall–Kier alpha value is -2.28. The molecule has 2 amide bonds. The van der Waals surface area contributed by atoms with Gasteiger partial charge in [0, 0.05) is 24.9 Å². The molecule has 1 unspecified atom stereocenters. The van der Waals surface area contributed by atoms with Crippen LogP contribution in [0.5, 0.6) is 11.5 Å². The van der Waals surface area contributed by atoms with E-state index in [1.54, 1.807) is 18.2 Å². The molecule has 0 bridgehead atoms. The highest BCUT2D eigenvalue weighted by Gasteiger charge is 2.18. The number of carbonyl (C=O) groups excluding carboxylic acids is 2. The predicted octanol–water partition coefficient (Wildman–Crippen LogP) is 1.08. The van der Waals surface area contributed by atoms with Crippen LogP contribution in [0.1, 0.15) is 19.3 Å². The number of carbonyl (C=O) groups is 2. The SMILES string of the molecule is O=C(CC(=O)Nc1ccc2c(c1)OCCO2)NCC1CCCO1. The lowest BCUT2D eigenvalue weighted by Gasteiger charge is -2.19. The van der Waals surface area contributed by atoms with E-state index >= 15 is 0 Å². The van der Waals surface area contributed by atoms with Crippen molar-refractivity contribution in [1.29, 1.82) is 0 Å². The third kappa shape index (κ3) is 4.35. The van der Waals surface area contributed by atoms with E-state index in [9.17, 15) is 9.59 Å². The molecule has 0 saturated carbocycles. The summed E-state index contributed by atoms with van der Waals surface area (Å²) in [5.74, 6) is 0.572. The van der Waals surface area contributed by atoms with Crippen LogP contribution in [0.25, 0.3) is 0 Å². The average Bonchev–Trinajstić information content (AvgIpc) is 3.06. The number of nitrogens with one attached hydrogen (secondary N) is 2. The molecular weight excluding hydrogens is 300 g/mol. The summed E-state index contributed by atoms with van der Waals surface area (Å²) in [6, 6.07) is 5.15. The van der Waals surface area contributed by atoms with E-state index < -0.39 is 0 Å². The number of anilines is 1. The number of benzene rings is 1. The maximum atomic E-state index is 11.9. The van der Waals surface area contributed by atoms with Crippen LogP contribution in [0.15, 0.2) is 18.2 Å². The molecule has 1 aromatic rings. The number of hydrogen-bond donors (Lipinski definition) is 2. The summed E-state index contributed by atoms with van der Waals surface area (Å²) in [4.78, 5) is 23.7. The first kappa shape index (κ1) is 15.6. The van der Waals surface area contributed by atoms with E-state index in [-0.39, 0.29) is 24.3 Å². The van der Waals surface area contributed by atoms with E-state index in [2.05, 4.69) is 10.6 Å². The maximum Gasteiger partial charge on any atom is 0.233 e. The molecule has 2 N–H and O–H groups in total. The smallest absolute Gasteiger partial charge is 0.233 e. The van der Waals surface area contributed by atoms with Gasteiger partial charge in [0.1, 0.15) is 19.6 Å². The van der Waals surface area contributed by atoms with Gasteiger partial charge < -0.3 is 24.8 Å². The van der Waals surface area contributed by atoms with Crippen molar-refractivity contribution < 1.29 is 23.8 Å². The topological polar surface area (TPSA) is 85.9 Å². The minimum absolute atomic E-state index is 0.0693. The zero-order valence-corrected chi connectivity index (χ0v) is 12.8. The molecule has 0 aromatic heterocycles. The van der Waals surface area contributed by atoms with Gasteiger partial charge in [-0.05, 0) is 25.0 Å². The molecule has 2 heterocycles. The zero-order chi connectivity index (χ0) is 16.1. The van der Waals surface area contributed by atoms with Gasteiger partial charge in [0.2, 0.25) is 11.8 Å². The van der Waals surface area contributed by atoms with Crippen LogP contribution in [0, 0.1) is 0 Å². The summed E-state index contributed by atoms with van der Waals surface area (Å²) < 4.78 is 16.3. The normalized spacial score (nSPS) is 19.2.